The van der Waals surface area contributed by atoms with Gasteiger partial charge in [0.2, 0.25) is 0 Å². The van der Waals surface area contributed by atoms with E-state index in [2.05, 4.69) is 36.5 Å². The Morgan fingerprint density at radius 3 is 2.60 bits per heavy atom. The topological polar surface area (TPSA) is 21.3 Å². The molecular formula is C18H29NO. The Labute approximate surface area is 123 Å². The molecule has 2 rings (SSSR count). The van der Waals surface area contributed by atoms with Gasteiger partial charge < -0.3 is 10.1 Å². The van der Waals surface area contributed by atoms with E-state index >= 15 is 0 Å². The van der Waals surface area contributed by atoms with Crippen molar-refractivity contribution < 1.29 is 4.74 Å². The van der Waals surface area contributed by atoms with E-state index in [1.807, 2.05) is 0 Å². The molecule has 1 fully saturated rings. The summed E-state index contributed by atoms with van der Waals surface area (Å²) in [6.07, 6.45) is 9.22. The molecule has 0 aromatic heterocycles. The average molecular weight is 275 g/mol. The van der Waals surface area contributed by atoms with Crippen molar-refractivity contribution in [2.45, 2.75) is 51.9 Å². The van der Waals surface area contributed by atoms with E-state index in [0.29, 0.717) is 5.41 Å². The smallest absolute Gasteiger partial charge is 0.122 e. The van der Waals surface area contributed by atoms with E-state index in [-0.39, 0.29) is 0 Å². The third-order valence-electron chi connectivity index (χ3n) is 4.60. The predicted molar refractivity (Wildman–Crippen MR) is 85.4 cm³/mol. The van der Waals surface area contributed by atoms with Gasteiger partial charge in [-0.15, -0.1) is 0 Å². The van der Waals surface area contributed by atoms with Crippen molar-refractivity contribution in [3.63, 3.8) is 0 Å². The number of para-hydroxylation sites is 1. The van der Waals surface area contributed by atoms with Gasteiger partial charge in [-0.1, -0.05) is 44.4 Å². The Kier molecular flexibility index (Phi) is 5.90. The molecule has 20 heavy (non-hydrogen) atoms. The van der Waals surface area contributed by atoms with Gasteiger partial charge in [-0.25, -0.2) is 0 Å². The number of benzene rings is 1. The fourth-order valence-electron chi connectivity index (χ4n) is 3.50. The van der Waals surface area contributed by atoms with Crippen molar-refractivity contribution >= 4 is 0 Å². The maximum absolute atomic E-state index is 5.54. The van der Waals surface area contributed by atoms with Crippen molar-refractivity contribution in [3.05, 3.63) is 29.8 Å². The zero-order chi connectivity index (χ0) is 14.3. The number of rotatable bonds is 7. The summed E-state index contributed by atoms with van der Waals surface area (Å²) in [6, 6.07) is 8.51. The standard InChI is InChI=1S/C18H29NO/c1-3-13-19-15-18(11-7-4-8-12-18)14-16-9-5-6-10-17(16)20-2/h5-6,9-10,19H,3-4,7-8,11-15H2,1-2H3. The summed E-state index contributed by atoms with van der Waals surface area (Å²) in [5.74, 6) is 1.05. The van der Waals surface area contributed by atoms with Crippen molar-refractivity contribution in [3.8, 4) is 5.75 Å². The van der Waals surface area contributed by atoms with E-state index in [1.54, 1.807) is 7.11 Å². The lowest BCUT2D eigenvalue weighted by atomic mass is 9.70. The Bertz CT molecular complexity index is 396. The molecule has 0 bridgehead atoms. The zero-order valence-corrected chi connectivity index (χ0v) is 13.1. The van der Waals surface area contributed by atoms with Crippen LogP contribution in [0.1, 0.15) is 51.0 Å². The molecule has 1 aromatic rings. The lowest BCUT2D eigenvalue weighted by Gasteiger charge is -2.38. The van der Waals surface area contributed by atoms with Gasteiger partial charge >= 0.3 is 0 Å². The summed E-state index contributed by atoms with van der Waals surface area (Å²) in [5.41, 5.74) is 1.80. The molecule has 0 unspecified atom stereocenters. The van der Waals surface area contributed by atoms with E-state index in [9.17, 15) is 0 Å². The van der Waals surface area contributed by atoms with Gasteiger partial charge in [0.1, 0.15) is 5.75 Å². The van der Waals surface area contributed by atoms with E-state index in [1.165, 1.54) is 44.1 Å². The molecule has 1 aliphatic carbocycles. The molecule has 1 saturated carbocycles. The van der Waals surface area contributed by atoms with Crippen LogP contribution in [0.25, 0.3) is 0 Å². The molecule has 0 amide bonds. The van der Waals surface area contributed by atoms with Crippen LogP contribution in [0.3, 0.4) is 0 Å². The number of ether oxygens (including phenoxy) is 1. The van der Waals surface area contributed by atoms with E-state index < -0.39 is 0 Å². The van der Waals surface area contributed by atoms with Crippen LogP contribution >= 0.6 is 0 Å². The van der Waals surface area contributed by atoms with Gasteiger partial charge in [0, 0.05) is 6.54 Å². The molecule has 0 atom stereocenters. The lowest BCUT2D eigenvalue weighted by Crippen LogP contribution is -2.38. The molecule has 2 nitrogen and oxygen atoms in total. The second kappa shape index (κ2) is 7.68. The van der Waals surface area contributed by atoms with Crippen LogP contribution < -0.4 is 10.1 Å². The molecule has 112 valence electrons. The third-order valence-corrected chi connectivity index (χ3v) is 4.60. The van der Waals surface area contributed by atoms with Crippen LogP contribution in [0.2, 0.25) is 0 Å². The average Bonchev–Trinajstić information content (AvgIpc) is 2.49. The SMILES string of the molecule is CCCNCC1(Cc2ccccc2OC)CCCCC1. The molecule has 1 aliphatic rings. The van der Waals surface area contributed by atoms with E-state index in [4.69, 9.17) is 4.74 Å². The number of methoxy groups -OCH3 is 1. The van der Waals surface area contributed by atoms with Gasteiger partial charge in [-0.2, -0.15) is 0 Å². The van der Waals surface area contributed by atoms with Crippen molar-refractivity contribution in [1.82, 2.24) is 5.32 Å². The Balaban J connectivity index is 2.10. The van der Waals surface area contributed by atoms with Crippen molar-refractivity contribution in [2.24, 2.45) is 5.41 Å². The summed E-state index contributed by atoms with van der Waals surface area (Å²) >= 11 is 0. The third kappa shape index (κ3) is 3.99. The monoisotopic (exact) mass is 275 g/mol. The largest absolute Gasteiger partial charge is 0.496 e. The molecule has 0 aliphatic heterocycles. The van der Waals surface area contributed by atoms with Crippen LogP contribution in [-0.4, -0.2) is 20.2 Å². The summed E-state index contributed by atoms with van der Waals surface area (Å²) < 4.78 is 5.54. The van der Waals surface area contributed by atoms with Gasteiger partial charge in [0.15, 0.2) is 0 Å². The summed E-state index contributed by atoms with van der Waals surface area (Å²) in [6.45, 7) is 4.52. The lowest BCUT2D eigenvalue weighted by molar-refractivity contribution is 0.179. The van der Waals surface area contributed by atoms with Crippen LogP contribution in [0.15, 0.2) is 24.3 Å². The first kappa shape index (κ1) is 15.4. The van der Waals surface area contributed by atoms with Gasteiger partial charge in [-0.3, -0.25) is 0 Å². The highest BCUT2D eigenvalue weighted by Gasteiger charge is 2.32. The summed E-state index contributed by atoms with van der Waals surface area (Å²) in [4.78, 5) is 0. The first-order valence-corrected chi connectivity index (χ1v) is 8.12. The van der Waals surface area contributed by atoms with Crippen molar-refractivity contribution in [1.29, 1.82) is 0 Å². The highest BCUT2D eigenvalue weighted by molar-refractivity contribution is 5.34. The molecule has 1 N–H and O–H groups in total. The van der Waals surface area contributed by atoms with Gasteiger partial charge in [0.25, 0.3) is 0 Å². The first-order valence-electron chi connectivity index (χ1n) is 8.12. The van der Waals surface area contributed by atoms with Crippen LogP contribution in [-0.2, 0) is 6.42 Å². The van der Waals surface area contributed by atoms with Crippen LogP contribution in [0.5, 0.6) is 5.75 Å². The van der Waals surface area contributed by atoms with Crippen molar-refractivity contribution in [2.75, 3.05) is 20.2 Å². The summed E-state index contributed by atoms with van der Waals surface area (Å²) in [7, 11) is 1.78. The molecule has 2 heteroatoms. The highest BCUT2D eigenvalue weighted by atomic mass is 16.5. The fourth-order valence-corrected chi connectivity index (χ4v) is 3.50. The number of nitrogens with one attached hydrogen (secondary N) is 1. The Morgan fingerprint density at radius 2 is 1.90 bits per heavy atom. The zero-order valence-electron chi connectivity index (χ0n) is 13.1. The van der Waals surface area contributed by atoms with E-state index in [0.717, 1.165) is 25.3 Å². The molecule has 0 saturated heterocycles. The maximum atomic E-state index is 5.54. The molecular weight excluding hydrogens is 246 g/mol. The minimum absolute atomic E-state index is 0.433. The second-order valence-corrected chi connectivity index (χ2v) is 6.23. The molecule has 0 heterocycles. The first-order chi connectivity index (χ1) is 9.79. The Morgan fingerprint density at radius 1 is 1.15 bits per heavy atom. The predicted octanol–water partition coefficient (Wildman–Crippen LogP) is 4.19. The molecule has 0 radical (unpaired) electrons. The maximum Gasteiger partial charge on any atom is 0.122 e. The minimum Gasteiger partial charge on any atom is -0.496 e. The number of hydrogen-bond acceptors (Lipinski definition) is 2. The quantitative estimate of drug-likeness (QED) is 0.753. The normalized spacial score (nSPS) is 17.9. The Hall–Kier alpha value is -1.02. The second-order valence-electron chi connectivity index (χ2n) is 6.23. The van der Waals surface area contributed by atoms with Gasteiger partial charge in [0.05, 0.1) is 7.11 Å². The highest BCUT2D eigenvalue weighted by Crippen LogP contribution is 2.40. The summed E-state index contributed by atoms with van der Waals surface area (Å²) in [5, 5.41) is 3.66. The van der Waals surface area contributed by atoms with Crippen LogP contribution in [0, 0.1) is 5.41 Å². The minimum atomic E-state index is 0.433. The molecule has 1 aromatic carbocycles. The van der Waals surface area contributed by atoms with Gasteiger partial charge in [-0.05, 0) is 49.3 Å². The molecule has 0 spiro atoms. The number of hydrogen-bond donors (Lipinski definition) is 1. The van der Waals surface area contributed by atoms with Crippen LogP contribution in [0.4, 0.5) is 0 Å². The fraction of sp³-hybridized carbons (Fsp3) is 0.667.